The van der Waals surface area contributed by atoms with E-state index in [1.54, 1.807) is 29.2 Å². The van der Waals surface area contributed by atoms with Gasteiger partial charge in [0.05, 0.1) is 10.7 Å². The second kappa shape index (κ2) is 5.44. The zero-order valence-corrected chi connectivity index (χ0v) is 11.8. The minimum absolute atomic E-state index is 0.0780. The maximum atomic E-state index is 12.4. The van der Waals surface area contributed by atoms with Crippen LogP contribution in [0.4, 0.5) is 5.69 Å². The lowest BCUT2D eigenvalue weighted by atomic mass is 10.0. The highest BCUT2D eigenvalue weighted by molar-refractivity contribution is 6.33. The van der Waals surface area contributed by atoms with Gasteiger partial charge >= 0.3 is 0 Å². The summed E-state index contributed by atoms with van der Waals surface area (Å²) >= 11 is 5.85. The quantitative estimate of drug-likeness (QED) is 0.674. The van der Waals surface area contributed by atoms with Crippen molar-refractivity contribution in [2.75, 3.05) is 12.3 Å². The summed E-state index contributed by atoms with van der Waals surface area (Å²) in [6, 6.07) is 4.92. The summed E-state index contributed by atoms with van der Waals surface area (Å²) in [5.74, 6) is -0.0780. The molecule has 0 saturated carbocycles. The molecule has 0 aliphatic rings. The Morgan fingerprint density at radius 2 is 2.11 bits per heavy atom. The van der Waals surface area contributed by atoms with Gasteiger partial charge < -0.3 is 10.6 Å². The molecule has 0 radical (unpaired) electrons. The van der Waals surface area contributed by atoms with Crippen LogP contribution < -0.4 is 5.73 Å². The SMILES string of the molecule is C=CCN(C(=O)c1ccc(Cl)c(N)c1)C(C)(C)C. The van der Waals surface area contributed by atoms with Crippen molar-refractivity contribution in [2.45, 2.75) is 26.3 Å². The van der Waals surface area contributed by atoms with E-state index in [0.717, 1.165) is 0 Å². The highest BCUT2D eigenvalue weighted by Gasteiger charge is 2.26. The third kappa shape index (κ3) is 3.26. The van der Waals surface area contributed by atoms with Gasteiger partial charge in [-0.15, -0.1) is 6.58 Å². The van der Waals surface area contributed by atoms with Gasteiger partial charge in [0.15, 0.2) is 0 Å². The Labute approximate surface area is 113 Å². The lowest BCUT2D eigenvalue weighted by Crippen LogP contribution is -2.45. The lowest BCUT2D eigenvalue weighted by molar-refractivity contribution is 0.0616. The van der Waals surface area contributed by atoms with E-state index >= 15 is 0 Å². The van der Waals surface area contributed by atoms with Crippen molar-refractivity contribution in [3.05, 3.63) is 41.4 Å². The molecular weight excluding hydrogens is 248 g/mol. The smallest absolute Gasteiger partial charge is 0.254 e. The fraction of sp³-hybridized carbons (Fsp3) is 0.357. The van der Waals surface area contributed by atoms with E-state index in [1.807, 2.05) is 20.8 Å². The number of anilines is 1. The molecule has 0 unspecified atom stereocenters. The van der Waals surface area contributed by atoms with E-state index < -0.39 is 0 Å². The summed E-state index contributed by atoms with van der Waals surface area (Å²) in [5.41, 5.74) is 6.39. The van der Waals surface area contributed by atoms with Gasteiger partial charge in [0.2, 0.25) is 0 Å². The summed E-state index contributed by atoms with van der Waals surface area (Å²) in [5, 5.41) is 0.456. The molecule has 1 aromatic carbocycles. The number of hydrogen-bond acceptors (Lipinski definition) is 2. The molecule has 2 N–H and O–H groups in total. The van der Waals surface area contributed by atoms with Crippen LogP contribution in [0.15, 0.2) is 30.9 Å². The number of rotatable bonds is 3. The van der Waals surface area contributed by atoms with Gasteiger partial charge in [-0.1, -0.05) is 17.7 Å². The molecule has 0 heterocycles. The molecule has 0 bridgehead atoms. The minimum atomic E-state index is -0.278. The average Bonchev–Trinajstić information content (AvgIpc) is 2.27. The molecular formula is C14H19ClN2O. The Bertz CT molecular complexity index is 463. The van der Waals surface area contributed by atoms with Crippen molar-refractivity contribution in [3.8, 4) is 0 Å². The van der Waals surface area contributed by atoms with Gasteiger partial charge in [-0.3, -0.25) is 4.79 Å². The van der Waals surface area contributed by atoms with Gasteiger partial charge in [-0.25, -0.2) is 0 Å². The number of carbonyl (C=O) groups excluding carboxylic acids is 1. The number of carbonyl (C=O) groups is 1. The fourth-order valence-electron chi connectivity index (χ4n) is 1.62. The van der Waals surface area contributed by atoms with Crippen LogP contribution in [-0.4, -0.2) is 22.9 Å². The number of nitrogens with zero attached hydrogens (tertiary/aromatic N) is 1. The third-order valence-corrected chi connectivity index (χ3v) is 2.95. The molecule has 18 heavy (non-hydrogen) atoms. The number of halogens is 1. The Morgan fingerprint density at radius 3 is 2.56 bits per heavy atom. The van der Waals surface area contributed by atoms with E-state index in [9.17, 15) is 4.79 Å². The van der Waals surface area contributed by atoms with Gasteiger partial charge in [0, 0.05) is 17.6 Å². The van der Waals surface area contributed by atoms with Crippen molar-refractivity contribution < 1.29 is 4.79 Å². The Balaban J connectivity index is 3.09. The van der Waals surface area contributed by atoms with Gasteiger partial charge in [0.1, 0.15) is 0 Å². The van der Waals surface area contributed by atoms with Crippen molar-refractivity contribution in [1.82, 2.24) is 4.90 Å². The zero-order valence-electron chi connectivity index (χ0n) is 11.0. The van der Waals surface area contributed by atoms with Gasteiger partial charge in [-0.05, 0) is 39.0 Å². The minimum Gasteiger partial charge on any atom is -0.398 e. The monoisotopic (exact) mass is 266 g/mol. The molecule has 1 rings (SSSR count). The van der Waals surface area contributed by atoms with Crippen molar-refractivity contribution in [1.29, 1.82) is 0 Å². The first-order valence-corrected chi connectivity index (χ1v) is 6.13. The van der Waals surface area contributed by atoms with E-state index in [-0.39, 0.29) is 11.4 Å². The van der Waals surface area contributed by atoms with Gasteiger partial charge in [-0.2, -0.15) is 0 Å². The number of benzene rings is 1. The molecule has 4 heteroatoms. The Hall–Kier alpha value is -1.48. The summed E-state index contributed by atoms with van der Waals surface area (Å²) in [4.78, 5) is 14.2. The highest BCUT2D eigenvalue weighted by atomic mass is 35.5. The van der Waals surface area contributed by atoms with Crippen LogP contribution in [0.3, 0.4) is 0 Å². The van der Waals surface area contributed by atoms with E-state index in [2.05, 4.69) is 6.58 Å². The standard InChI is InChI=1S/C14H19ClN2O/c1-5-8-17(14(2,3)4)13(18)10-6-7-11(15)12(16)9-10/h5-7,9H,1,8,16H2,2-4H3. The van der Waals surface area contributed by atoms with Crippen molar-refractivity contribution >= 4 is 23.2 Å². The van der Waals surface area contributed by atoms with Crippen LogP contribution in [0, 0.1) is 0 Å². The number of nitrogen functional groups attached to an aromatic ring is 1. The van der Waals surface area contributed by atoms with E-state index in [1.165, 1.54) is 0 Å². The highest BCUT2D eigenvalue weighted by Crippen LogP contribution is 2.23. The normalized spacial score (nSPS) is 11.1. The largest absolute Gasteiger partial charge is 0.398 e. The first-order valence-electron chi connectivity index (χ1n) is 5.75. The molecule has 0 spiro atoms. The van der Waals surface area contributed by atoms with Crippen LogP contribution in [0.25, 0.3) is 0 Å². The summed E-state index contributed by atoms with van der Waals surface area (Å²) in [7, 11) is 0. The first-order chi connectivity index (χ1) is 8.27. The fourth-order valence-corrected chi connectivity index (χ4v) is 1.74. The molecule has 0 atom stereocenters. The molecule has 0 aliphatic carbocycles. The number of hydrogen-bond donors (Lipinski definition) is 1. The van der Waals surface area contributed by atoms with Crippen molar-refractivity contribution in [3.63, 3.8) is 0 Å². The molecule has 0 saturated heterocycles. The van der Waals surface area contributed by atoms with Crippen LogP contribution in [0.5, 0.6) is 0 Å². The maximum absolute atomic E-state index is 12.4. The first kappa shape index (κ1) is 14.6. The lowest BCUT2D eigenvalue weighted by Gasteiger charge is -2.35. The molecule has 0 aliphatic heterocycles. The maximum Gasteiger partial charge on any atom is 0.254 e. The predicted octanol–water partition coefficient (Wildman–Crippen LogP) is 3.35. The van der Waals surface area contributed by atoms with Gasteiger partial charge in [0.25, 0.3) is 5.91 Å². The topological polar surface area (TPSA) is 46.3 Å². The molecule has 0 fully saturated rings. The number of nitrogens with two attached hydrogens (primary N) is 1. The van der Waals surface area contributed by atoms with E-state index in [4.69, 9.17) is 17.3 Å². The zero-order chi connectivity index (χ0) is 13.9. The second-order valence-electron chi connectivity index (χ2n) is 5.11. The second-order valence-corrected chi connectivity index (χ2v) is 5.52. The molecule has 3 nitrogen and oxygen atoms in total. The summed E-state index contributed by atoms with van der Waals surface area (Å²) in [6.07, 6.45) is 1.71. The van der Waals surface area contributed by atoms with E-state index in [0.29, 0.717) is 22.8 Å². The Kier molecular flexibility index (Phi) is 4.41. The van der Waals surface area contributed by atoms with Crippen LogP contribution >= 0.6 is 11.6 Å². The van der Waals surface area contributed by atoms with Crippen LogP contribution in [0.2, 0.25) is 5.02 Å². The average molecular weight is 267 g/mol. The van der Waals surface area contributed by atoms with Crippen molar-refractivity contribution in [2.24, 2.45) is 0 Å². The third-order valence-electron chi connectivity index (χ3n) is 2.61. The number of amides is 1. The molecule has 1 amide bonds. The summed E-state index contributed by atoms with van der Waals surface area (Å²) in [6.45, 7) is 10.1. The predicted molar refractivity (Wildman–Crippen MR) is 76.9 cm³/mol. The summed E-state index contributed by atoms with van der Waals surface area (Å²) < 4.78 is 0. The molecule has 1 aromatic rings. The molecule has 98 valence electrons. The molecule has 0 aromatic heterocycles. The van der Waals surface area contributed by atoms with Crippen LogP contribution in [-0.2, 0) is 0 Å². The Morgan fingerprint density at radius 1 is 1.50 bits per heavy atom. The van der Waals surface area contributed by atoms with Crippen LogP contribution in [0.1, 0.15) is 31.1 Å².